The van der Waals surface area contributed by atoms with Crippen molar-refractivity contribution in [2.45, 2.75) is 34.4 Å². The highest BCUT2D eigenvalue weighted by molar-refractivity contribution is 8.03. The van der Waals surface area contributed by atoms with Crippen LogP contribution in [0.1, 0.15) is 13.8 Å². The van der Waals surface area contributed by atoms with Crippen LogP contribution in [0.4, 0.5) is 0 Å². The Morgan fingerprint density at radius 2 is 1.22 bits per heavy atom. The van der Waals surface area contributed by atoms with Gasteiger partial charge in [0.2, 0.25) is 0 Å². The minimum atomic E-state index is 0.493. The average molecular weight is 276 g/mol. The van der Waals surface area contributed by atoms with Gasteiger partial charge in [-0.05, 0) is 24.3 Å². The number of aromatic nitrogens is 2. The second-order valence-electron chi connectivity index (χ2n) is 3.98. The Balaban J connectivity index is 1.91. The lowest BCUT2D eigenvalue weighted by Gasteiger charge is -2.17. The minimum absolute atomic E-state index is 0.493. The summed E-state index contributed by atoms with van der Waals surface area (Å²) in [6.07, 6.45) is 3.68. The van der Waals surface area contributed by atoms with Crippen LogP contribution in [-0.2, 0) is 0 Å². The predicted molar refractivity (Wildman–Crippen MR) is 79.1 cm³/mol. The van der Waals surface area contributed by atoms with Gasteiger partial charge in [0.25, 0.3) is 0 Å². The quantitative estimate of drug-likeness (QED) is 0.767. The van der Waals surface area contributed by atoms with E-state index >= 15 is 0 Å². The standard InChI is InChI=1S/C14H16N2S2/c1-11(17-13-7-3-5-9-15-13)12(2)18-14-8-4-6-10-16-14/h3-12H,1-2H3. The molecule has 2 aromatic heterocycles. The molecule has 2 aromatic rings. The maximum absolute atomic E-state index is 4.35. The van der Waals surface area contributed by atoms with Gasteiger partial charge < -0.3 is 0 Å². The Morgan fingerprint density at radius 3 is 1.56 bits per heavy atom. The van der Waals surface area contributed by atoms with Crippen LogP contribution in [0, 0.1) is 0 Å². The van der Waals surface area contributed by atoms with Crippen LogP contribution < -0.4 is 0 Å². The van der Waals surface area contributed by atoms with E-state index in [0.717, 1.165) is 10.1 Å². The highest BCUT2D eigenvalue weighted by Crippen LogP contribution is 2.31. The van der Waals surface area contributed by atoms with Crippen molar-refractivity contribution < 1.29 is 0 Å². The monoisotopic (exact) mass is 276 g/mol. The maximum Gasteiger partial charge on any atom is 0.0962 e. The van der Waals surface area contributed by atoms with Crippen molar-refractivity contribution in [1.29, 1.82) is 0 Å². The maximum atomic E-state index is 4.35. The molecule has 2 atom stereocenters. The molecular formula is C14H16N2S2. The molecule has 0 fully saturated rings. The third kappa shape index (κ3) is 4.03. The molecule has 0 radical (unpaired) electrons. The highest BCUT2D eigenvalue weighted by atomic mass is 32.2. The summed E-state index contributed by atoms with van der Waals surface area (Å²) in [4.78, 5) is 8.69. The van der Waals surface area contributed by atoms with Crippen molar-refractivity contribution in [1.82, 2.24) is 9.97 Å². The van der Waals surface area contributed by atoms with Crippen LogP contribution >= 0.6 is 23.5 Å². The van der Waals surface area contributed by atoms with Crippen molar-refractivity contribution in [3.8, 4) is 0 Å². The fourth-order valence-corrected chi connectivity index (χ4v) is 3.44. The Hall–Kier alpha value is -1.00. The van der Waals surface area contributed by atoms with E-state index in [-0.39, 0.29) is 0 Å². The van der Waals surface area contributed by atoms with Gasteiger partial charge in [0.15, 0.2) is 0 Å². The molecule has 0 N–H and O–H groups in total. The summed E-state index contributed by atoms with van der Waals surface area (Å²) in [6.45, 7) is 4.47. The van der Waals surface area contributed by atoms with E-state index in [1.807, 2.05) is 60.2 Å². The van der Waals surface area contributed by atoms with E-state index in [0.29, 0.717) is 10.5 Å². The first kappa shape index (κ1) is 13.4. The van der Waals surface area contributed by atoms with E-state index in [1.54, 1.807) is 0 Å². The summed E-state index contributed by atoms with van der Waals surface area (Å²) in [5.74, 6) is 0. The lowest BCUT2D eigenvalue weighted by Crippen LogP contribution is -2.12. The summed E-state index contributed by atoms with van der Waals surface area (Å²) in [6, 6.07) is 12.1. The number of pyridine rings is 2. The average Bonchev–Trinajstić information content (AvgIpc) is 2.41. The third-order valence-electron chi connectivity index (χ3n) is 2.55. The molecular weight excluding hydrogens is 260 g/mol. The first-order chi connectivity index (χ1) is 8.75. The molecule has 0 aliphatic rings. The number of hydrogen-bond donors (Lipinski definition) is 0. The van der Waals surface area contributed by atoms with Crippen molar-refractivity contribution in [3.05, 3.63) is 48.8 Å². The topological polar surface area (TPSA) is 25.8 Å². The molecule has 0 spiro atoms. The first-order valence-electron chi connectivity index (χ1n) is 5.91. The van der Waals surface area contributed by atoms with Crippen molar-refractivity contribution in [2.24, 2.45) is 0 Å². The molecule has 0 bridgehead atoms. The second kappa shape index (κ2) is 6.81. The fraction of sp³-hybridized carbons (Fsp3) is 0.286. The van der Waals surface area contributed by atoms with Crippen molar-refractivity contribution >= 4 is 23.5 Å². The summed E-state index contributed by atoms with van der Waals surface area (Å²) in [5, 5.41) is 3.15. The Morgan fingerprint density at radius 1 is 0.778 bits per heavy atom. The first-order valence-corrected chi connectivity index (χ1v) is 7.67. The van der Waals surface area contributed by atoms with Gasteiger partial charge in [0, 0.05) is 22.9 Å². The highest BCUT2D eigenvalue weighted by Gasteiger charge is 2.15. The van der Waals surface area contributed by atoms with Crippen molar-refractivity contribution in [2.75, 3.05) is 0 Å². The molecule has 0 amide bonds. The van der Waals surface area contributed by atoms with Gasteiger partial charge in [0.05, 0.1) is 10.1 Å². The zero-order valence-electron chi connectivity index (χ0n) is 10.5. The summed E-state index contributed by atoms with van der Waals surface area (Å²) in [7, 11) is 0. The van der Waals surface area contributed by atoms with Crippen molar-refractivity contribution in [3.63, 3.8) is 0 Å². The zero-order chi connectivity index (χ0) is 12.8. The molecule has 0 aliphatic heterocycles. The molecule has 18 heavy (non-hydrogen) atoms. The summed E-state index contributed by atoms with van der Waals surface area (Å²) in [5.41, 5.74) is 0. The zero-order valence-corrected chi connectivity index (χ0v) is 12.1. The van der Waals surface area contributed by atoms with Gasteiger partial charge in [-0.1, -0.05) is 26.0 Å². The minimum Gasteiger partial charge on any atom is -0.250 e. The van der Waals surface area contributed by atoms with Gasteiger partial charge >= 0.3 is 0 Å². The fourth-order valence-electron chi connectivity index (χ4n) is 1.41. The normalized spacial score (nSPS) is 14.1. The van der Waals surface area contributed by atoms with E-state index in [9.17, 15) is 0 Å². The van der Waals surface area contributed by atoms with Crippen LogP contribution in [-0.4, -0.2) is 20.5 Å². The SMILES string of the molecule is CC(Sc1ccccn1)C(C)Sc1ccccn1. The van der Waals surface area contributed by atoms with Crippen LogP contribution in [0.3, 0.4) is 0 Å². The van der Waals surface area contributed by atoms with Gasteiger partial charge in [-0.25, -0.2) is 9.97 Å². The molecule has 2 unspecified atom stereocenters. The van der Waals surface area contributed by atoms with E-state index in [1.165, 1.54) is 0 Å². The smallest absolute Gasteiger partial charge is 0.0962 e. The molecule has 94 valence electrons. The Bertz CT molecular complexity index is 416. The number of hydrogen-bond acceptors (Lipinski definition) is 4. The Labute approximate surface area is 117 Å². The number of thioether (sulfide) groups is 2. The molecule has 2 nitrogen and oxygen atoms in total. The molecule has 0 saturated heterocycles. The molecule has 2 heterocycles. The molecule has 4 heteroatoms. The Kier molecular flexibility index (Phi) is 5.08. The summed E-state index contributed by atoms with van der Waals surface area (Å²) < 4.78 is 0. The van der Waals surface area contributed by atoms with Gasteiger partial charge in [0.1, 0.15) is 0 Å². The van der Waals surface area contributed by atoms with Gasteiger partial charge in [-0.15, -0.1) is 23.5 Å². The number of rotatable bonds is 5. The van der Waals surface area contributed by atoms with Crippen LogP contribution in [0.5, 0.6) is 0 Å². The van der Waals surface area contributed by atoms with Gasteiger partial charge in [-0.2, -0.15) is 0 Å². The molecule has 0 saturated carbocycles. The van der Waals surface area contributed by atoms with E-state index in [2.05, 4.69) is 35.9 Å². The van der Waals surface area contributed by atoms with Crippen LogP contribution in [0.15, 0.2) is 58.8 Å². The van der Waals surface area contributed by atoms with E-state index < -0.39 is 0 Å². The predicted octanol–water partition coefficient (Wildman–Crippen LogP) is 4.14. The largest absolute Gasteiger partial charge is 0.250 e. The summed E-state index contributed by atoms with van der Waals surface area (Å²) >= 11 is 3.62. The molecule has 2 rings (SSSR count). The molecule has 0 aromatic carbocycles. The second-order valence-corrected chi connectivity index (χ2v) is 6.78. The number of nitrogens with zero attached hydrogens (tertiary/aromatic N) is 2. The lowest BCUT2D eigenvalue weighted by atomic mass is 10.4. The van der Waals surface area contributed by atoms with Gasteiger partial charge in [-0.3, -0.25) is 0 Å². The van der Waals surface area contributed by atoms with Crippen LogP contribution in [0.25, 0.3) is 0 Å². The third-order valence-corrected chi connectivity index (χ3v) is 5.25. The molecule has 0 aliphatic carbocycles. The lowest BCUT2D eigenvalue weighted by molar-refractivity contribution is 0.915. The van der Waals surface area contributed by atoms with E-state index in [4.69, 9.17) is 0 Å². The van der Waals surface area contributed by atoms with Crippen LogP contribution in [0.2, 0.25) is 0 Å².